The second-order valence-corrected chi connectivity index (χ2v) is 12.2. The summed E-state index contributed by atoms with van der Waals surface area (Å²) in [5.74, 6) is 1.14. The molecule has 1 aromatic carbocycles. The van der Waals surface area contributed by atoms with Gasteiger partial charge in [-0.25, -0.2) is 4.79 Å². The zero-order valence-electron chi connectivity index (χ0n) is 22.2. The van der Waals surface area contributed by atoms with Gasteiger partial charge in [-0.1, -0.05) is 62.8 Å². The number of ether oxygens (including phenoxy) is 1. The van der Waals surface area contributed by atoms with Gasteiger partial charge in [0.1, 0.15) is 0 Å². The van der Waals surface area contributed by atoms with Crippen molar-refractivity contribution in [3.63, 3.8) is 0 Å². The third-order valence-corrected chi connectivity index (χ3v) is 10.5. The van der Waals surface area contributed by atoms with Gasteiger partial charge < -0.3 is 10.1 Å². The number of nitrogens with one attached hydrogen (secondary N) is 1. The number of rotatable bonds is 4. The fourth-order valence-electron chi connectivity index (χ4n) is 8.74. The Morgan fingerprint density at radius 3 is 2.53 bits per heavy atom. The van der Waals surface area contributed by atoms with Crippen LogP contribution in [0.2, 0.25) is 0 Å². The standard InChI is InChI=1S/C31H39NO4/c1-19-17-27-25-12-11-23-18-24(34)13-15-29(23,4)26(25)14-16-30(27,5)31(19,21(3)33)36-28(35)32-20(2)22-9-7-6-8-10-22/h6-10,13,15,18-20,25-27H,11-12,14,16-17H2,1-5H3,(H,32,35)/t19?,20-,25-,26+,27+,29+,30+,31+/m1/s1. The Morgan fingerprint density at radius 2 is 1.83 bits per heavy atom. The van der Waals surface area contributed by atoms with Gasteiger partial charge in [-0.3, -0.25) is 9.59 Å². The van der Waals surface area contributed by atoms with E-state index in [9.17, 15) is 14.4 Å². The van der Waals surface area contributed by atoms with Crippen LogP contribution in [0.4, 0.5) is 4.79 Å². The van der Waals surface area contributed by atoms with Gasteiger partial charge in [-0.2, -0.15) is 0 Å². The molecule has 36 heavy (non-hydrogen) atoms. The number of ketones is 2. The van der Waals surface area contributed by atoms with E-state index in [0.29, 0.717) is 17.8 Å². The Morgan fingerprint density at radius 1 is 1.11 bits per heavy atom. The van der Waals surface area contributed by atoms with Gasteiger partial charge in [-0.15, -0.1) is 0 Å². The minimum absolute atomic E-state index is 0.0493. The number of benzene rings is 1. The molecule has 1 N–H and O–H groups in total. The molecule has 3 saturated carbocycles. The summed E-state index contributed by atoms with van der Waals surface area (Å²) in [6, 6.07) is 9.57. The van der Waals surface area contributed by atoms with Crippen LogP contribution in [0, 0.1) is 34.5 Å². The largest absolute Gasteiger partial charge is 0.434 e. The number of carbonyl (C=O) groups excluding carboxylic acids is 3. The topological polar surface area (TPSA) is 72.5 Å². The van der Waals surface area contributed by atoms with E-state index in [4.69, 9.17) is 4.74 Å². The van der Waals surface area contributed by atoms with Crippen molar-refractivity contribution in [2.45, 2.75) is 78.4 Å². The van der Waals surface area contributed by atoms with Gasteiger partial charge in [0.15, 0.2) is 17.2 Å². The Labute approximate surface area is 214 Å². The molecule has 192 valence electrons. The highest BCUT2D eigenvalue weighted by molar-refractivity contribution is 6.01. The summed E-state index contributed by atoms with van der Waals surface area (Å²) in [6.07, 6.45) is 9.79. The second-order valence-electron chi connectivity index (χ2n) is 12.2. The highest BCUT2D eigenvalue weighted by Crippen LogP contribution is 2.69. The second kappa shape index (κ2) is 8.71. The van der Waals surface area contributed by atoms with Crippen molar-refractivity contribution in [3.05, 3.63) is 59.7 Å². The van der Waals surface area contributed by atoms with E-state index in [1.54, 1.807) is 13.0 Å². The molecule has 3 fully saturated rings. The first-order valence-electron chi connectivity index (χ1n) is 13.5. The van der Waals surface area contributed by atoms with E-state index in [2.05, 4.69) is 32.2 Å². The van der Waals surface area contributed by atoms with Gasteiger partial charge in [0.05, 0.1) is 6.04 Å². The molecule has 0 bridgehead atoms. The third-order valence-electron chi connectivity index (χ3n) is 10.5. The molecule has 4 aliphatic rings. The smallest absolute Gasteiger partial charge is 0.408 e. The van der Waals surface area contributed by atoms with Gasteiger partial charge in [0, 0.05) is 16.7 Å². The Bertz CT molecular complexity index is 1140. The molecular weight excluding hydrogens is 450 g/mol. The lowest BCUT2D eigenvalue weighted by atomic mass is 9.47. The van der Waals surface area contributed by atoms with Crippen LogP contribution in [0.1, 0.15) is 78.3 Å². The van der Waals surface area contributed by atoms with Crippen molar-refractivity contribution < 1.29 is 19.1 Å². The lowest BCUT2D eigenvalue weighted by Crippen LogP contribution is -2.60. The number of amides is 1. The van der Waals surface area contributed by atoms with Crippen molar-refractivity contribution in [1.82, 2.24) is 5.32 Å². The zero-order chi connectivity index (χ0) is 25.9. The highest BCUT2D eigenvalue weighted by atomic mass is 16.6. The number of Topliss-reactive ketones (excluding diaryl/α,β-unsaturated/α-hetero) is 1. The lowest BCUT2D eigenvalue weighted by molar-refractivity contribution is -0.165. The normalized spacial score (nSPS) is 39.8. The van der Waals surface area contributed by atoms with Crippen LogP contribution in [0.5, 0.6) is 0 Å². The molecule has 8 atom stereocenters. The molecule has 5 rings (SSSR count). The van der Waals surface area contributed by atoms with Crippen LogP contribution in [0.25, 0.3) is 0 Å². The molecule has 4 aliphatic carbocycles. The average Bonchev–Trinajstić information content (AvgIpc) is 3.07. The van der Waals surface area contributed by atoms with Crippen LogP contribution >= 0.6 is 0 Å². The number of hydrogen-bond donors (Lipinski definition) is 1. The molecule has 5 nitrogen and oxygen atoms in total. The van der Waals surface area contributed by atoms with Gasteiger partial charge >= 0.3 is 6.09 Å². The number of carbonyl (C=O) groups is 3. The minimum atomic E-state index is -1.14. The number of allylic oxidation sites excluding steroid dienone is 4. The molecule has 0 radical (unpaired) electrons. The van der Waals surface area contributed by atoms with E-state index in [0.717, 1.165) is 37.7 Å². The predicted molar refractivity (Wildman–Crippen MR) is 139 cm³/mol. The van der Waals surface area contributed by atoms with Crippen LogP contribution in [0.15, 0.2) is 54.1 Å². The number of fused-ring (bicyclic) bond motifs is 5. The molecule has 1 aromatic rings. The maximum absolute atomic E-state index is 13.5. The fraction of sp³-hybridized carbons (Fsp3) is 0.581. The van der Waals surface area contributed by atoms with E-state index < -0.39 is 17.1 Å². The quantitative estimate of drug-likeness (QED) is 0.534. The van der Waals surface area contributed by atoms with Crippen LogP contribution in [-0.2, 0) is 14.3 Å². The molecule has 0 aromatic heterocycles. The highest BCUT2D eigenvalue weighted by Gasteiger charge is 2.70. The molecule has 1 unspecified atom stereocenters. The van der Waals surface area contributed by atoms with Crippen molar-refractivity contribution in [2.24, 2.45) is 34.5 Å². The maximum atomic E-state index is 13.5. The summed E-state index contributed by atoms with van der Waals surface area (Å²) in [7, 11) is 0. The van der Waals surface area contributed by atoms with E-state index in [-0.39, 0.29) is 28.9 Å². The molecule has 0 aliphatic heterocycles. The van der Waals surface area contributed by atoms with Crippen molar-refractivity contribution >= 4 is 17.7 Å². The molecule has 0 heterocycles. The maximum Gasteiger partial charge on any atom is 0.408 e. The number of alkyl carbamates (subject to hydrolysis) is 1. The van der Waals surface area contributed by atoms with Gasteiger partial charge in [-0.05, 0) is 81.4 Å². The fourth-order valence-corrected chi connectivity index (χ4v) is 8.74. The molecule has 1 amide bonds. The molecule has 5 heteroatoms. The first-order valence-corrected chi connectivity index (χ1v) is 13.5. The van der Waals surface area contributed by atoms with Gasteiger partial charge in [0.25, 0.3) is 0 Å². The molecule has 0 spiro atoms. The summed E-state index contributed by atoms with van der Waals surface area (Å²) in [5.41, 5.74) is 0.589. The monoisotopic (exact) mass is 489 g/mol. The van der Waals surface area contributed by atoms with Crippen molar-refractivity contribution in [1.29, 1.82) is 0 Å². The first-order chi connectivity index (χ1) is 17.0. The summed E-state index contributed by atoms with van der Waals surface area (Å²) in [6.45, 7) is 10.1. The predicted octanol–water partition coefficient (Wildman–Crippen LogP) is 6.36. The summed E-state index contributed by atoms with van der Waals surface area (Å²) >= 11 is 0. The molecule has 0 saturated heterocycles. The van der Waals surface area contributed by atoms with Crippen molar-refractivity contribution in [2.75, 3.05) is 0 Å². The summed E-state index contributed by atoms with van der Waals surface area (Å²) in [5, 5.41) is 2.98. The Hall–Kier alpha value is -2.69. The van der Waals surface area contributed by atoms with Gasteiger partial charge in [0.2, 0.25) is 0 Å². The van der Waals surface area contributed by atoms with Crippen LogP contribution < -0.4 is 5.32 Å². The van der Waals surface area contributed by atoms with E-state index in [1.165, 1.54) is 5.57 Å². The Balaban J connectivity index is 1.43. The van der Waals surface area contributed by atoms with Crippen molar-refractivity contribution in [3.8, 4) is 0 Å². The molecular formula is C31H39NO4. The lowest BCUT2D eigenvalue weighted by Gasteiger charge is -2.58. The zero-order valence-corrected chi connectivity index (χ0v) is 22.2. The third kappa shape index (κ3) is 3.53. The van der Waals surface area contributed by atoms with Crippen LogP contribution in [0.3, 0.4) is 0 Å². The summed E-state index contributed by atoms with van der Waals surface area (Å²) < 4.78 is 6.29. The van der Waals surface area contributed by atoms with Crippen LogP contribution in [-0.4, -0.2) is 23.3 Å². The summed E-state index contributed by atoms with van der Waals surface area (Å²) in [4.78, 5) is 38.8. The Kier molecular flexibility index (Phi) is 6.04. The van der Waals surface area contributed by atoms with E-state index in [1.807, 2.05) is 43.3 Å². The number of hydrogen-bond acceptors (Lipinski definition) is 4. The average molecular weight is 490 g/mol. The van der Waals surface area contributed by atoms with E-state index >= 15 is 0 Å². The minimum Gasteiger partial charge on any atom is -0.434 e. The SMILES string of the molecule is CC(=O)[C@@]1(OC(=O)N[C@H](C)c2ccccc2)C(C)C[C@H]2[C@@H]3CCC4=CC(=O)C=C[C@]4(C)[C@H]3CC[C@@]21C. The first kappa shape index (κ1) is 25.0.